The third-order valence-electron chi connectivity index (χ3n) is 11.7. The highest BCUT2D eigenvalue weighted by Gasteiger charge is 2.21. The summed E-state index contributed by atoms with van der Waals surface area (Å²) in [5.74, 6) is -3.46. The average Bonchev–Trinajstić information content (AvgIpc) is 4.24. The van der Waals surface area contributed by atoms with Crippen molar-refractivity contribution in [3.05, 3.63) is 78.2 Å². The Kier molecular flexibility index (Phi) is 22.0. The first-order chi connectivity index (χ1) is 37.0. The zero-order valence-corrected chi connectivity index (χ0v) is 43.9. The van der Waals surface area contributed by atoms with Crippen LogP contribution in [0, 0.1) is 0 Å². The molecule has 9 N–H and O–H groups in total. The van der Waals surface area contributed by atoms with Crippen LogP contribution in [-0.2, 0) is 63.8 Å². The van der Waals surface area contributed by atoms with Crippen molar-refractivity contribution in [2.45, 2.75) is 19.3 Å². The molecule has 0 spiro atoms. The number of hydrogen-bond acceptors (Lipinski definition) is 16. The minimum atomic E-state index is -0.629. The van der Waals surface area contributed by atoms with Crippen molar-refractivity contribution in [1.82, 2.24) is 69.3 Å². The summed E-state index contributed by atoms with van der Waals surface area (Å²) in [6.07, 6.45) is 8.91. The van der Waals surface area contributed by atoms with Gasteiger partial charge in [-0.05, 0) is 12.1 Å². The second-order valence-electron chi connectivity index (χ2n) is 17.7. The molecule has 5 aromatic rings. The summed E-state index contributed by atoms with van der Waals surface area (Å²) in [7, 11) is 8.07. The number of anilines is 4. The van der Waals surface area contributed by atoms with Crippen molar-refractivity contribution >= 4 is 70.3 Å². The Morgan fingerprint density at radius 2 is 0.961 bits per heavy atom. The van der Waals surface area contributed by atoms with Gasteiger partial charge in [0.05, 0.1) is 51.0 Å². The van der Waals surface area contributed by atoms with Crippen molar-refractivity contribution in [1.29, 1.82) is 0 Å². The van der Waals surface area contributed by atoms with Crippen molar-refractivity contribution in [2.24, 2.45) is 35.2 Å². The van der Waals surface area contributed by atoms with Gasteiger partial charge in [-0.15, -0.1) is 0 Å². The largest absolute Gasteiger partial charge is 0.378 e. The molecule has 1 fully saturated rings. The molecule has 0 bridgehead atoms. The van der Waals surface area contributed by atoms with Crippen LogP contribution in [0.4, 0.5) is 23.0 Å². The van der Waals surface area contributed by atoms with Gasteiger partial charge in [-0.1, -0.05) is 0 Å². The summed E-state index contributed by atoms with van der Waals surface area (Å²) < 4.78 is 24.0. The number of hydrogen-bond donors (Lipinski definition) is 9. The molecule has 1 saturated heterocycles. The first-order valence-electron chi connectivity index (χ1n) is 24.9. The maximum absolute atomic E-state index is 13.2. The molecule has 416 valence electrons. The number of carbonyl (C=O) groups is 8. The van der Waals surface area contributed by atoms with Crippen LogP contribution in [0.25, 0.3) is 0 Å². The number of rotatable bonds is 30. The number of carbonyl (C=O) groups excluding carboxylic acids is 8. The van der Waals surface area contributed by atoms with Gasteiger partial charge in [-0.2, -0.15) is 0 Å². The van der Waals surface area contributed by atoms with Gasteiger partial charge in [0.25, 0.3) is 29.5 Å². The molecule has 29 heteroatoms. The minimum absolute atomic E-state index is 0.00979. The van der Waals surface area contributed by atoms with E-state index >= 15 is 0 Å². The molecule has 0 radical (unpaired) electrons. The van der Waals surface area contributed by atoms with Crippen LogP contribution in [0.15, 0.2) is 49.3 Å². The normalized spacial score (nSPS) is 12.4. The van der Waals surface area contributed by atoms with Crippen molar-refractivity contribution in [2.75, 3.05) is 120 Å². The van der Waals surface area contributed by atoms with Gasteiger partial charge in [0.15, 0.2) is 17.5 Å². The third-order valence-corrected chi connectivity index (χ3v) is 11.7. The highest BCUT2D eigenvalue weighted by atomic mass is 16.5. The first kappa shape index (κ1) is 58.0. The van der Waals surface area contributed by atoms with Crippen molar-refractivity contribution in [3.8, 4) is 0 Å². The Labute approximate surface area is 443 Å². The Morgan fingerprint density at radius 3 is 1.48 bits per heavy atom. The van der Waals surface area contributed by atoms with E-state index in [1.54, 1.807) is 52.2 Å². The fourth-order valence-corrected chi connectivity index (χ4v) is 7.71. The van der Waals surface area contributed by atoms with Crippen LogP contribution in [0.3, 0.4) is 0 Å². The Bertz CT molecular complexity index is 2840. The molecular weight excluding hydrogens is 1000 g/mol. The molecule has 0 atom stereocenters. The maximum Gasteiger partial charge on any atom is 0.291 e. The fourth-order valence-electron chi connectivity index (χ4n) is 7.71. The number of imidazole rings is 3. The molecule has 0 saturated carbocycles. The van der Waals surface area contributed by atoms with Gasteiger partial charge < -0.3 is 84.9 Å². The van der Waals surface area contributed by atoms with E-state index in [0.717, 1.165) is 32.7 Å². The van der Waals surface area contributed by atoms with Gasteiger partial charge in [0.2, 0.25) is 29.4 Å². The summed E-state index contributed by atoms with van der Waals surface area (Å²) in [5.41, 5.74) is 1.09. The summed E-state index contributed by atoms with van der Waals surface area (Å²) in [6.45, 7) is 8.09. The number of aromatic nitrogens is 8. The topological polar surface area (TPSA) is 339 Å². The number of amides is 8. The van der Waals surface area contributed by atoms with Gasteiger partial charge in [0.1, 0.15) is 11.4 Å². The number of ether oxygens (including phenoxy) is 3. The maximum atomic E-state index is 13.2. The smallest absolute Gasteiger partial charge is 0.291 e. The van der Waals surface area contributed by atoms with Crippen LogP contribution in [-0.4, -0.2) is 188 Å². The Balaban J connectivity index is 0.813. The number of nitrogens with zero attached hydrogens (tertiary/aromatic N) is 9. The van der Waals surface area contributed by atoms with Crippen LogP contribution >= 0.6 is 0 Å². The lowest BCUT2D eigenvalue weighted by Crippen LogP contribution is -2.44. The summed E-state index contributed by atoms with van der Waals surface area (Å²) in [4.78, 5) is 117. The van der Waals surface area contributed by atoms with Crippen LogP contribution in [0.5, 0.6) is 0 Å². The Morgan fingerprint density at radius 1 is 0.494 bits per heavy atom. The number of piperazine rings is 1. The van der Waals surface area contributed by atoms with E-state index in [2.05, 4.69) is 67.7 Å². The SMILES string of the molecule is Cn1cc(NC(=O)c2nc(NC(=O)CCNC(=O)c3cc(NC(=O)c4nccn4C)cn3C)cn2C)cc1C(=O)NCCC(=O)Nc1cn(C)c(C(=O)NCCC(=O)NCCOCCOCCOCCN2CCNCC2)n1. The van der Waals surface area contributed by atoms with Gasteiger partial charge in [-0.3, -0.25) is 43.3 Å². The fraction of sp³-hybridized carbons (Fsp3) is 0.479. The van der Waals surface area contributed by atoms with Crippen LogP contribution in [0.2, 0.25) is 0 Å². The van der Waals surface area contributed by atoms with Gasteiger partial charge >= 0.3 is 0 Å². The monoisotopic (exact) mass is 1070 g/mol. The molecule has 6 rings (SSSR count). The van der Waals surface area contributed by atoms with E-state index < -0.39 is 41.4 Å². The second-order valence-corrected chi connectivity index (χ2v) is 17.7. The number of aryl methyl sites for hydroxylation is 5. The van der Waals surface area contributed by atoms with Crippen LogP contribution < -0.4 is 47.9 Å². The lowest BCUT2D eigenvalue weighted by atomic mass is 10.3. The Hall–Kier alpha value is -8.25. The molecular formula is C48H68N18O11. The highest BCUT2D eigenvalue weighted by Crippen LogP contribution is 2.17. The summed E-state index contributed by atoms with van der Waals surface area (Å²) in [6, 6.07) is 2.94. The van der Waals surface area contributed by atoms with E-state index in [-0.39, 0.29) is 91.0 Å². The van der Waals surface area contributed by atoms with Crippen molar-refractivity contribution in [3.63, 3.8) is 0 Å². The van der Waals surface area contributed by atoms with E-state index in [0.29, 0.717) is 51.9 Å². The molecule has 1 aliphatic heterocycles. The van der Waals surface area contributed by atoms with E-state index in [1.165, 1.54) is 55.2 Å². The average molecular weight is 1070 g/mol. The van der Waals surface area contributed by atoms with Gasteiger partial charge in [-0.25, -0.2) is 15.0 Å². The first-order valence-corrected chi connectivity index (χ1v) is 24.9. The zero-order chi connectivity index (χ0) is 55.3. The summed E-state index contributed by atoms with van der Waals surface area (Å²) in [5, 5.41) is 24.6. The molecule has 29 nitrogen and oxygen atoms in total. The third kappa shape index (κ3) is 18.2. The predicted octanol–water partition coefficient (Wildman–Crippen LogP) is -1.22. The second kappa shape index (κ2) is 29.2. The molecule has 0 aromatic carbocycles. The van der Waals surface area contributed by atoms with E-state index in [1.807, 2.05) is 0 Å². The molecule has 1 aliphatic rings. The molecule has 8 amide bonds. The molecule has 0 unspecified atom stereocenters. The quantitative estimate of drug-likeness (QED) is 0.0243. The molecule has 6 heterocycles. The van der Waals surface area contributed by atoms with Crippen LogP contribution in [0.1, 0.15) is 72.1 Å². The van der Waals surface area contributed by atoms with Crippen molar-refractivity contribution < 1.29 is 52.6 Å². The zero-order valence-electron chi connectivity index (χ0n) is 43.9. The molecule has 0 aliphatic carbocycles. The van der Waals surface area contributed by atoms with E-state index in [9.17, 15) is 38.4 Å². The lowest BCUT2D eigenvalue weighted by molar-refractivity contribution is -0.121. The minimum Gasteiger partial charge on any atom is -0.378 e. The molecule has 77 heavy (non-hydrogen) atoms. The predicted molar refractivity (Wildman–Crippen MR) is 279 cm³/mol. The molecule has 5 aromatic heterocycles. The van der Waals surface area contributed by atoms with Gasteiger partial charge in [0, 0.05) is 151 Å². The summed E-state index contributed by atoms with van der Waals surface area (Å²) >= 11 is 0. The lowest BCUT2D eigenvalue weighted by Gasteiger charge is -2.26. The standard InChI is InChI=1S/C48H68N18O11/c1-61-16-14-51-41(61)47(73)55-32-26-34(62(2)28-32)44(70)52-11-8-40(69)58-37-31-65(5)43(60-37)48(74)56-33-27-35(63(3)29-33)45(71)53-10-7-39(68)57-36-30-64(4)42(59-36)46(72)54-9-6-38(67)50-15-20-75-22-24-77-25-23-76-21-19-66-17-12-49-13-18-66/h14,16,26-31,49H,6-13,15,17-25H2,1-5H3,(H,50,67)(H,52,70)(H,53,71)(H,54,72)(H,55,73)(H,56,74)(H,57,68)(H,58,69). The number of nitrogens with one attached hydrogen (secondary N) is 9. The van der Waals surface area contributed by atoms with E-state index in [4.69, 9.17) is 14.2 Å². The highest BCUT2D eigenvalue weighted by molar-refractivity contribution is 6.04.